The third-order valence-corrected chi connectivity index (χ3v) is 4.01. The lowest BCUT2D eigenvalue weighted by atomic mass is 10.2. The van der Waals surface area contributed by atoms with Crippen LogP contribution in [0.2, 0.25) is 0 Å². The summed E-state index contributed by atoms with van der Waals surface area (Å²) in [5.74, 6) is 0.792. The van der Waals surface area contributed by atoms with Gasteiger partial charge in [-0.2, -0.15) is 0 Å². The molecule has 120 valence electrons. The number of aromatic nitrogens is 2. The second-order valence-corrected chi connectivity index (χ2v) is 5.67. The minimum Gasteiger partial charge on any atom is -0.354 e. The number of hydrogen-bond donors (Lipinski definition) is 1. The van der Waals surface area contributed by atoms with Crippen LogP contribution in [0.5, 0.6) is 0 Å². The highest BCUT2D eigenvalue weighted by atomic mass is 16.1. The van der Waals surface area contributed by atoms with Crippen LogP contribution < -0.4 is 10.2 Å². The minimum absolute atomic E-state index is 0.168. The molecule has 2 aromatic rings. The predicted octanol–water partition coefficient (Wildman–Crippen LogP) is 1.16. The van der Waals surface area contributed by atoms with E-state index in [4.69, 9.17) is 0 Å². The quantitative estimate of drug-likeness (QED) is 0.918. The number of amides is 1. The van der Waals surface area contributed by atoms with Crippen molar-refractivity contribution in [3.05, 3.63) is 54.0 Å². The Labute approximate surface area is 136 Å². The highest BCUT2D eigenvalue weighted by molar-refractivity contribution is 5.92. The van der Waals surface area contributed by atoms with Crippen LogP contribution in [0.4, 0.5) is 5.82 Å². The Bertz CT molecular complexity index is 653. The SMILES string of the molecule is CN1CCN(c2ncccc2CNC(=O)c2ccccn2)CC1. The molecule has 1 saturated heterocycles. The summed E-state index contributed by atoms with van der Waals surface area (Å²) in [7, 11) is 2.13. The van der Waals surface area contributed by atoms with E-state index in [9.17, 15) is 4.79 Å². The smallest absolute Gasteiger partial charge is 0.270 e. The van der Waals surface area contributed by atoms with E-state index < -0.39 is 0 Å². The van der Waals surface area contributed by atoms with E-state index in [0.717, 1.165) is 37.6 Å². The molecular formula is C17H21N5O. The molecule has 0 saturated carbocycles. The number of hydrogen-bond acceptors (Lipinski definition) is 5. The monoisotopic (exact) mass is 311 g/mol. The van der Waals surface area contributed by atoms with Crippen LogP contribution >= 0.6 is 0 Å². The Morgan fingerprint density at radius 2 is 1.87 bits per heavy atom. The summed E-state index contributed by atoms with van der Waals surface area (Å²) in [5, 5.41) is 2.92. The molecule has 0 atom stereocenters. The maximum Gasteiger partial charge on any atom is 0.270 e. The van der Waals surface area contributed by atoms with Gasteiger partial charge in [0.15, 0.2) is 0 Å². The van der Waals surface area contributed by atoms with Gasteiger partial charge in [0.2, 0.25) is 0 Å². The van der Waals surface area contributed by atoms with E-state index >= 15 is 0 Å². The number of carbonyl (C=O) groups is 1. The summed E-state index contributed by atoms with van der Waals surface area (Å²) in [5.41, 5.74) is 1.46. The molecule has 0 bridgehead atoms. The molecule has 1 fully saturated rings. The summed E-state index contributed by atoms with van der Waals surface area (Å²) in [4.78, 5) is 25.3. The maximum atomic E-state index is 12.1. The fraction of sp³-hybridized carbons (Fsp3) is 0.353. The number of likely N-dealkylation sites (N-methyl/N-ethyl adjacent to an activating group) is 1. The van der Waals surface area contributed by atoms with Gasteiger partial charge in [0.1, 0.15) is 11.5 Å². The first-order chi connectivity index (χ1) is 11.2. The average Bonchev–Trinajstić information content (AvgIpc) is 2.61. The van der Waals surface area contributed by atoms with Crippen LogP contribution in [0.1, 0.15) is 16.1 Å². The lowest BCUT2D eigenvalue weighted by molar-refractivity contribution is 0.0946. The van der Waals surface area contributed by atoms with E-state index in [1.165, 1.54) is 0 Å². The van der Waals surface area contributed by atoms with Crippen molar-refractivity contribution in [1.82, 2.24) is 20.2 Å². The Hall–Kier alpha value is -2.47. The third kappa shape index (κ3) is 3.84. The van der Waals surface area contributed by atoms with Crippen molar-refractivity contribution >= 4 is 11.7 Å². The lowest BCUT2D eigenvalue weighted by Gasteiger charge is -2.34. The molecule has 23 heavy (non-hydrogen) atoms. The van der Waals surface area contributed by atoms with Gasteiger partial charge < -0.3 is 15.1 Å². The third-order valence-electron chi connectivity index (χ3n) is 4.01. The van der Waals surface area contributed by atoms with Crippen molar-refractivity contribution in [2.45, 2.75) is 6.54 Å². The number of nitrogens with one attached hydrogen (secondary N) is 1. The summed E-state index contributed by atoms with van der Waals surface area (Å²) >= 11 is 0. The van der Waals surface area contributed by atoms with Crippen molar-refractivity contribution in [3.63, 3.8) is 0 Å². The Morgan fingerprint density at radius 3 is 2.61 bits per heavy atom. The molecule has 1 aliphatic rings. The van der Waals surface area contributed by atoms with Gasteiger partial charge >= 0.3 is 0 Å². The molecule has 2 aromatic heterocycles. The molecule has 6 heteroatoms. The molecule has 6 nitrogen and oxygen atoms in total. The first kappa shape index (κ1) is 15.4. The number of carbonyl (C=O) groups excluding carboxylic acids is 1. The van der Waals surface area contributed by atoms with Crippen molar-refractivity contribution in [2.75, 3.05) is 38.1 Å². The molecule has 1 amide bonds. The van der Waals surface area contributed by atoms with Gasteiger partial charge in [-0.15, -0.1) is 0 Å². The zero-order valence-electron chi connectivity index (χ0n) is 13.3. The van der Waals surface area contributed by atoms with Crippen LogP contribution in [-0.2, 0) is 6.54 Å². The molecular weight excluding hydrogens is 290 g/mol. The van der Waals surface area contributed by atoms with Crippen LogP contribution in [0, 0.1) is 0 Å². The molecule has 0 radical (unpaired) electrons. The number of anilines is 1. The van der Waals surface area contributed by atoms with E-state index in [1.54, 1.807) is 24.5 Å². The Kier molecular flexibility index (Phi) is 4.83. The van der Waals surface area contributed by atoms with Gasteiger partial charge in [0.25, 0.3) is 5.91 Å². The molecule has 1 N–H and O–H groups in total. The van der Waals surface area contributed by atoms with Gasteiger partial charge in [-0.3, -0.25) is 9.78 Å². The number of nitrogens with zero attached hydrogens (tertiary/aromatic N) is 4. The average molecular weight is 311 g/mol. The van der Waals surface area contributed by atoms with Gasteiger partial charge in [0, 0.05) is 50.7 Å². The zero-order chi connectivity index (χ0) is 16.1. The Balaban J connectivity index is 1.67. The number of rotatable bonds is 4. The number of pyridine rings is 2. The molecule has 0 unspecified atom stereocenters. The summed E-state index contributed by atoms with van der Waals surface area (Å²) in [6.07, 6.45) is 3.42. The van der Waals surface area contributed by atoms with E-state index in [0.29, 0.717) is 12.2 Å². The second-order valence-electron chi connectivity index (χ2n) is 5.67. The Morgan fingerprint density at radius 1 is 1.09 bits per heavy atom. The highest BCUT2D eigenvalue weighted by Crippen LogP contribution is 2.18. The minimum atomic E-state index is -0.168. The molecule has 3 rings (SSSR count). The predicted molar refractivity (Wildman–Crippen MR) is 89.4 cm³/mol. The summed E-state index contributed by atoms with van der Waals surface area (Å²) in [6, 6.07) is 9.23. The van der Waals surface area contributed by atoms with Gasteiger partial charge in [-0.05, 0) is 25.2 Å². The first-order valence-corrected chi connectivity index (χ1v) is 7.80. The summed E-state index contributed by atoms with van der Waals surface area (Å²) in [6.45, 7) is 4.40. The molecule has 0 aromatic carbocycles. The normalized spacial score (nSPS) is 15.4. The fourth-order valence-corrected chi connectivity index (χ4v) is 2.63. The zero-order valence-corrected chi connectivity index (χ0v) is 13.3. The molecule has 0 spiro atoms. The van der Waals surface area contributed by atoms with Gasteiger partial charge in [0.05, 0.1) is 0 Å². The van der Waals surface area contributed by atoms with Crippen molar-refractivity contribution < 1.29 is 4.79 Å². The van der Waals surface area contributed by atoms with Gasteiger partial charge in [-0.1, -0.05) is 12.1 Å². The van der Waals surface area contributed by atoms with Crippen molar-refractivity contribution in [2.24, 2.45) is 0 Å². The van der Waals surface area contributed by atoms with Crippen LogP contribution in [0.3, 0.4) is 0 Å². The van der Waals surface area contributed by atoms with E-state index in [2.05, 4.69) is 32.1 Å². The molecule has 1 aliphatic heterocycles. The maximum absolute atomic E-state index is 12.1. The highest BCUT2D eigenvalue weighted by Gasteiger charge is 2.18. The lowest BCUT2D eigenvalue weighted by Crippen LogP contribution is -2.45. The largest absolute Gasteiger partial charge is 0.354 e. The second kappa shape index (κ2) is 7.19. The van der Waals surface area contributed by atoms with Crippen LogP contribution in [0.15, 0.2) is 42.7 Å². The fourth-order valence-electron chi connectivity index (χ4n) is 2.63. The summed E-state index contributed by atoms with van der Waals surface area (Å²) < 4.78 is 0. The van der Waals surface area contributed by atoms with Gasteiger partial charge in [-0.25, -0.2) is 4.98 Å². The molecule has 0 aliphatic carbocycles. The first-order valence-electron chi connectivity index (χ1n) is 7.80. The van der Waals surface area contributed by atoms with Crippen molar-refractivity contribution in [3.8, 4) is 0 Å². The molecule has 3 heterocycles. The van der Waals surface area contributed by atoms with Crippen LogP contribution in [0.25, 0.3) is 0 Å². The van der Waals surface area contributed by atoms with E-state index in [-0.39, 0.29) is 5.91 Å². The van der Waals surface area contributed by atoms with E-state index in [1.807, 2.05) is 18.2 Å². The number of piperazine rings is 1. The van der Waals surface area contributed by atoms with Crippen molar-refractivity contribution in [1.29, 1.82) is 0 Å². The standard InChI is InChI=1S/C17H21N5O/c1-21-9-11-22(12-10-21)16-14(5-4-8-19-16)13-20-17(23)15-6-2-3-7-18-15/h2-8H,9-13H2,1H3,(H,20,23). The topological polar surface area (TPSA) is 61.4 Å². The van der Waals surface area contributed by atoms with Crippen LogP contribution in [-0.4, -0.2) is 54.0 Å².